The molecule has 2 aliphatic rings. The quantitative estimate of drug-likeness (QED) is 0.217. The fourth-order valence-corrected chi connectivity index (χ4v) is 6.72. The molecule has 4 N–H and O–H groups in total. The lowest BCUT2D eigenvalue weighted by Crippen LogP contribution is -2.51. The van der Waals surface area contributed by atoms with Gasteiger partial charge in [0.05, 0.1) is 21.8 Å². The van der Waals surface area contributed by atoms with Crippen LogP contribution in [0.25, 0.3) is 32.2 Å². The van der Waals surface area contributed by atoms with Crippen molar-refractivity contribution in [2.45, 2.75) is 24.9 Å². The van der Waals surface area contributed by atoms with Crippen molar-refractivity contribution in [1.82, 2.24) is 25.3 Å². The number of anilines is 3. The Hall–Kier alpha value is -3.87. The van der Waals surface area contributed by atoms with Crippen LogP contribution >= 0.6 is 22.9 Å². The molecule has 3 aromatic heterocycles. The second kappa shape index (κ2) is 10.5. The van der Waals surface area contributed by atoms with Gasteiger partial charge in [0.1, 0.15) is 29.6 Å². The number of nitrogens with one attached hydrogen (secondary N) is 2. The molecule has 2 fully saturated rings. The van der Waals surface area contributed by atoms with Crippen molar-refractivity contribution in [3.05, 3.63) is 59.3 Å². The van der Waals surface area contributed by atoms with Gasteiger partial charge in [0.2, 0.25) is 0 Å². The number of ether oxygens (including phenoxy) is 1. The minimum atomic E-state index is -0.662. The van der Waals surface area contributed by atoms with E-state index >= 15 is 4.39 Å². The number of nitrogen functional groups attached to an aromatic ring is 1. The number of piperazine rings is 1. The van der Waals surface area contributed by atoms with Crippen molar-refractivity contribution >= 4 is 60.8 Å². The minimum Gasteiger partial charge on any atom is -0.462 e. The summed E-state index contributed by atoms with van der Waals surface area (Å²) in [7, 11) is 0. The van der Waals surface area contributed by atoms with Gasteiger partial charge in [-0.3, -0.25) is 0 Å². The number of fused-ring (bicyclic) bond motifs is 4. The first kappa shape index (κ1) is 26.1. The van der Waals surface area contributed by atoms with Crippen molar-refractivity contribution in [3.63, 3.8) is 0 Å². The van der Waals surface area contributed by atoms with Gasteiger partial charge in [-0.2, -0.15) is 9.97 Å². The molecular weight excluding hydrogens is 570 g/mol. The lowest BCUT2D eigenvalue weighted by Gasteiger charge is -2.34. The lowest BCUT2D eigenvalue weighted by molar-refractivity contribution is 0.307. The van der Waals surface area contributed by atoms with E-state index in [0.717, 1.165) is 37.3 Å². The number of hydrogen-bond donors (Lipinski definition) is 3. The number of thiazole rings is 1. The Morgan fingerprint density at radius 1 is 1.10 bits per heavy atom. The molecule has 0 amide bonds. The van der Waals surface area contributed by atoms with Crippen molar-refractivity contribution in [2.75, 3.05) is 42.2 Å². The van der Waals surface area contributed by atoms with Gasteiger partial charge in [0, 0.05) is 47.9 Å². The maximum absolute atomic E-state index is 16.5. The number of aromatic nitrogens is 4. The summed E-state index contributed by atoms with van der Waals surface area (Å²) in [5.41, 5.74) is 6.59. The molecule has 2 atom stereocenters. The highest BCUT2D eigenvalue weighted by Gasteiger charge is 2.34. The number of halogens is 3. The molecule has 2 unspecified atom stereocenters. The highest BCUT2D eigenvalue weighted by atomic mass is 35.5. The van der Waals surface area contributed by atoms with Crippen molar-refractivity contribution in [3.8, 4) is 17.1 Å². The first-order valence-corrected chi connectivity index (χ1v) is 14.5. The fourth-order valence-electron chi connectivity index (χ4n) is 5.67. The van der Waals surface area contributed by atoms with E-state index in [-0.39, 0.29) is 44.1 Å². The SMILES string of the molecule is Nc1nc2c(-c3c(Cl)cc4c(N5CC6CCC(C5)N6)nc(OCCNc5ccccn5)nc4c3F)ccc(F)c2s1. The molecule has 0 spiro atoms. The van der Waals surface area contributed by atoms with Gasteiger partial charge in [-0.1, -0.05) is 29.0 Å². The Bertz CT molecular complexity index is 1760. The van der Waals surface area contributed by atoms with E-state index in [1.54, 1.807) is 12.3 Å². The van der Waals surface area contributed by atoms with Crippen LogP contribution in [0, 0.1) is 11.6 Å². The molecule has 0 radical (unpaired) electrons. The molecule has 0 saturated carbocycles. The van der Waals surface area contributed by atoms with E-state index in [4.69, 9.17) is 27.1 Å². The van der Waals surface area contributed by atoms with E-state index in [1.807, 2.05) is 18.2 Å². The van der Waals surface area contributed by atoms with Gasteiger partial charge >= 0.3 is 6.01 Å². The zero-order valence-corrected chi connectivity index (χ0v) is 23.3. The summed E-state index contributed by atoms with van der Waals surface area (Å²) in [6, 6.07) is 10.7. The molecule has 2 aliphatic heterocycles. The average Bonchev–Trinajstić information content (AvgIpc) is 3.54. The van der Waals surface area contributed by atoms with Crippen LogP contribution in [0.3, 0.4) is 0 Å². The predicted octanol–water partition coefficient (Wildman–Crippen LogP) is 5.25. The molecule has 41 heavy (non-hydrogen) atoms. The Morgan fingerprint density at radius 3 is 2.71 bits per heavy atom. The van der Waals surface area contributed by atoms with E-state index in [0.29, 0.717) is 41.2 Å². The van der Waals surface area contributed by atoms with E-state index in [9.17, 15) is 4.39 Å². The van der Waals surface area contributed by atoms with Crippen LogP contribution in [0.5, 0.6) is 6.01 Å². The zero-order chi connectivity index (χ0) is 28.1. The third-order valence-electron chi connectivity index (χ3n) is 7.44. The van der Waals surface area contributed by atoms with Crippen LogP contribution < -0.4 is 26.0 Å². The monoisotopic (exact) mass is 594 g/mol. The highest BCUT2D eigenvalue weighted by molar-refractivity contribution is 7.22. The molecule has 9 nitrogen and oxygen atoms in total. The largest absolute Gasteiger partial charge is 0.462 e. The highest BCUT2D eigenvalue weighted by Crippen LogP contribution is 2.43. The number of rotatable bonds is 7. The second-order valence-corrected chi connectivity index (χ2v) is 11.6. The number of benzene rings is 2. The molecule has 7 rings (SSSR count). The van der Waals surface area contributed by atoms with Crippen LogP contribution in [0.1, 0.15) is 12.8 Å². The third kappa shape index (κ3) is 4.85. The standard InChI is InChI=1S/C28H25ClF2N8OS/c29-18-11-17-23(22(31)21(18)16-6-7-19(30)25-24(16)36-27(32)41-25)37-28(40-10-9-34-20-3-1-2-8-33-20)38-26(17)39-12-14-4-5-15(13-39)35-14/h1-3,6-8,11,14-15,35H,4-5,9-10,12-13H2,(H2,32,36)(H,33,34). The smallest absolute Gasteiger partial charge is 0.319 e. The van der Waals surface area contributed by atoms with Crippen LogP contribution in [-0.2, 0) is 0 Å². The molecule has 210 valence electrons. The van der Waals surface area contributed by atoms with Gasteiger partial charge in [-0.25, -0.2) is 18.7 Å². The summed E-state index contributed by atoms with van der Waals surface area (Å²) < 4.78 is 37.2. The zero-order valence-electron chi connectivity index (χ0n) is 21.7. The fraction of sp³-hybridized carbons (Fsp3) is 0.286. The Balaban J connectivity index is 1.31. The predicted molar refractivity (Wildman–Crippen MR) is 158 cm³/mol. The lowest BCUT2D eigenvalue weighted by atomic mass is 10.0. The van der Waals surface area contributed by atoms with E-state index in [2.05, 4.69) is 30.5 Å². The summed E-state index contributed by atoms with van der Waals surface area (Å²) >= 11 is 7.75. The molecule has 5 aromatic rings. The Morgan fingerprint density at radius 2 is 1.93 bits per heavy atom. The number of hydrogen-bond acceptors (Lipinski definition) is 10. The second-order valence-electron chi connectivity index (χ2n) is 10.1. The van der Waals surface area contributed by atoms with Gasteiger partial charge in [0.15, 0.2) is 10.9 Å². The molecule has 0 aliphatic carbocycles. The number of pyridine rings is 1. The molecule has 2 bridgehead atoms. The van der Waals surface area contributed by atoms with Gasteiger partial charge in [0.25, 0.3) is 0 Å². The molecule has 13 heteroatoms. The van der Waals surface area contributed by atoms with Crippen molar-refractivity contribution in [2.24, 2.45) is 0 Å². The molecule has 2 aromatic carbocycles. The van der Waals surface area contributed by atoms with E-state index in [1.165, 1.54) is 12.1 Å². The maximum atomic E-state index is 16.5. The van der Waals surface area contributed by atoms with Crippen molar-refractivity contribution < 1.29 is 13.5 Å². The Labute approximate surface area is 242 Å². The van der Waals surface area contributed by atoms with E-state index < -0.39 is 11.6 Å². The first-order valence-electron chi connectivity index (χ1n) is 13.3. The van der Waals surface area contributed by atoms with Gasteiger partial charge in [-0.05, 0) is 43.2 Å². The summed E-state index contributed by atoms with van der Waals surface area (Å²) in [6.07, 6.45) is 3.84. The Kier molecular flexibility index (Phi) is 6.68. The van der Waals surface area contributed by atoms with Crippen molar-refractivity contribution in [1.29, 1.82) is 0 Å². The minimum absolute atomic E-state index is 0.0514. The van der Waals surface area contributed by atoms with Crippen LogP contribution in [-0.4, -0.2) is 58.3 Å². The maximum Gasteiger partial charge on any atom is 0.319 e. The van der Waals surface area contributed by atoms with Gasteiger partial charge in [-0.15, -0.1) is 0 Å². The third-order valence-corrected chi connectivity index (χ3v) is 8.64. The van der Waals surface area contributed by atoms with Gasteiger partial charge < -0.3 is 26.0 Å². The first-order chi connectivity index (χ1) is 19.9. The summed E-state index contributed by atoms with van der Waals surface area (Å²) in [4.78, 5) is 19.9. The number of nitrogens with two attached hydrogens (primary N) is 1. The molecular formula is C28H25ClF2N8OS. The topological polar surface area (TPSA) is 114 Å². The van der Waals surface area contributed by atoms with Crippen LogP contribution in [0.4, 0.5) is 25.5 Å². The van der Waals surface area contributed by atoms with Crippen LogP contribution in [0.15, 0.2) is 42.6 Å². The normalized spacial score (nSPS) is 18.4. The summed E-state index contributed by atoms with van der Waals surface area (Å²) in [5.74, 6) is 0.134. The summed E-state index contributed by atoms with van der Waals surface area (Å²) in [6.45, 7) is 2.12. The van der Waals surface area contributed by atoms with Crippen LogP contribution in [0.2, 0.25) is 5.02 Å². The summed E-state index contributed by atoms with van der Waals surface area (Å²) in [5, 5.41) is 7.58. The molecule has 5 heterocycles. The molecule has 2 saturated heterocycles. The average molecular weight is 595 g/mol. The number of nitrogens with zero attached hydrogens (tertiary/aromatic N) is 5.